The van der Waals surface area contributed by atoms with E-state index in [0.717, 1.165) is 0 Å². The fraction of sp³-hybridized carbons (Fsp3) is 0.417. The number of carbonyl (C=O) groups is 1. The van der Waals surface area contributed by atoms with E-state index in [4.69, 9.17) is 0 Å². The van der Waals surface area contributed by atoms with Crippen molar-refractivity contribution in [1.82, 2.24) is 0 Å². The average molecular weight is 194 g/mol. The molecule has 78 valence electrons. The molecule has 1 rings (SSSR count). The van der Waals surface area contributed by atoms with Gasteiger partial charge in [0.15, 0.2) is 0 Å². The molecule has 0 heterocycles. The summed E-state index contributed by atoms with van der Waals surface area (Å²) in [5.41, 5.74) is 1.32. The minimum Gasteiger partial charge on any atom is -0.463 e. The molecule has 1 aromatic carbocycles. The van der Waals surface area contributed by atoms with Crippen molar-refractivity contribution in [2.45, 2.75) is 33.8 Å². The van der Waals surface area contributed by atoms with Gasteiger partial charge in [0, 0.05) is 6.92 Å². The third-order valence-electron chi connectivity index (χ3n) is 1.34. The Bertz CT molecular complexity index is 252. The van der Waals surface area contributed by atoms with Crippen molar-refractivity contribution in [3.05, 3.63) is 35.9 Å². The van der Waals surface area contributed by atoms with Crippen LogP contribution in [0, 0.1) is 6.92 Å². The van der Waals surface area contributed by atoms with Crippen molar-refractivity contribution in [3.63, 3.8) is 0 Å². The van der Waals surface area contributed by atoms with Gasteiger partial charge in [-0.2, -0.15) is 0 Å². The molecule has 0 saturated heterocycles. The summed E-state index contributed by atoms with van der Waals surface area (Å²) >= 11 is 0. The van der Waals surface area contributed by atoms with Gasteiger partial charge in [0.2, 0.25) is 0 Å². The van der Waals surface area contributed by atoms with E-state index in [2.05, 4.69) is 23.8 Å². The SMILES string of the molecule is CC(=O)OC(C)C.Cc1ccccc1. The molecule has 2 nitrogen and oxygen atoms in total. The van der Waals surface area contributed by atoms with Crippen molar-refractivity contribution in [1.29, 1.82) is 0 Å². The zero-order valence-electron chi connectivity index (χ0n) is 9.28. The minimum atomic E-state index is -0.213. The highest BCUT2D eigenvalue weighted by molar-refractivity contribution is 5.66. The fourth-order valence-corrected chi connectivity index (χ4v) is 0.866. The Balaban J connectivity index is 0.000000241. The predicted octanol–water partition coefficient (Wildman–Crippen LogP) is 2.95. The van der Waals surface area contributed by atoms with Crippen LogP contribution in [0.15, 0.2) is 30.3 Å². The van der Waals surface area contributed by atoms with Crippen LogP contribution in [0.1, 0.15) is 26.3 Å². The Kier molecular flexibility index (Phi) is 6.46. The molecule has 0 aliphatic heterocycles. The molecule has 0 saturated carbocycles. The Labute approximate surface area is 85.9 Å². The van der Waals surface area contributed by atoms with Crippen molar-refractivity contribution in [2.24, 2.45) is 0 Å². The van der Waals surface area contributed by atoms with E-state index in [1.165, 1.54) is 12.5 Å². The van der Waals surface area contributed by atoms with Gasteiger partial charge in [-0.25, -0.2) is 0 Å². The summed E-state index contributed by atoms with van der Waals surface area (Å²) in [5, 5.41) is 0. The molecule has 14 heavy (non-hydrogen) atoms. The van der Waals surface area contributed by atoms with E-state index in [-0.39, 0.29) is 12.1 Å². The largest absolute Gasteiger partial charge is 0.463 e. The predicted molar refractivity (Wildman–Crippen MR) is 58.1 cm³/mol. The van der Waals surface area contributed by atoms with Crippen molar-refractivity contribution in [2.75, 3.05) is 0 Å². The number of hydrogen-bond acceptors (Lipinski definition) is 2. The van der Waals surface area contributed by atoms with Crippen LogP contribution in [0.2, 0.25) is 0 Å². The van der Waals surface area contributed by atoms with E-state index in [1.54, 1.807) is 0 Å². The molecule has 0 amide bonds. The number of ether oxygens (including phenoxy) is 1. The van der Waals surface area contributed by atoms with Gasteiger partial charge in [0.1, 0.15) is 0 Å². The lowest BCUT2D eigenvalue weighted by atomic mass is 10.2. The molecule has 0 aromatic heterocycles. The lowest BCUT2D eigenvalue weighted by Gasteiger charge is -2.01. The maximum atomic E-state index is 10.0. The molecule has 0 fully saturated rings. The van der Waals surface area contributed by atoms with E-state index < -0.39 is 0 Å². The molecule has 0 bridgehead atoms. The maximum Gasteiger partial charge on any atom is 0.302 e. The summed E-state index contributed by atoms with van der Waals surface area (Å²) in [6, 6.07) is 10.3. The number of rotatable bonds is 1. The summed E-state index contributed by atoms with van der Waals surface area (Å²) in [6.45, 7) is 7.13. The van der Waals surface area contributed by atoms with Gasteiger partial charge < -0.3 is 4.74 Å². The summed E-state index contributed by atoms with van der Waals surface area (Å²) in [6.07, 6.45) is 0.0255. The molecule has 0 radical (unpaired) electrons. The number of aryl methyl sites for hydroxylation is 1. The number of carbonyl (C=O) groups excluding carboxylic acids is 1. The first-order valence-electron chi connectivity index (χ1n) is 4.71. The van der Waals surface area contributed by atoms with Crippen LogP contribution >= 0.6 is 0 Å². The fourth-order valence-electron chi connectivity index (χ4n) is 0.866. The lowest BCUT2D eigenvalue weighted by molar-refractivity contribution is -0.144. The molecule has 0 unspecified atom stereocenters. The summed E-state index contributed by atoms with van der Waals surface area (Å²) in [4.78, 5) is 10.0. The monoisotopic (exact) mass is 194 g/mol. The third kappa shape index (κ3) is 8.78. The zero-order chi connectivity index (χ0) is 11.0. The minimum absolute atomic E-state index is 0.0255. The molecular weight excluding hydrogens is 176 g/mol. The number of esters is 1. The Hall–Kier alpha value is -1.31. The first-order chi connectivity index (χ1) is 6.52. The second-order valence-corrected chi connectivity index (χ2v) is 3.31. The second kappa shape index (κ2) is 7.13. The first-order valence-corrected chi connectivity index (χ1v) is 4.71. The Morgan fingerprint density at radius 2 is 1.71 bits per heavy atom. The third-order valence-corrected chi connectivity index (χ3v) is 1.34. The van der Waals surface area contributed by atoms with Crippen LogP contribution in [0.3, 0.4) is 0 Å². The summed E-state index contributed by atoms with van der Waals surface area (Å²) in [7, 11) is 0. The van der Waals surface area contributed by atoms with Crippen molar-refractivity contribution >= 4 is 5.97 Å². The van der Waals surface area contributed by atoms with Gasteiger partial charge in [0.05, 0.1) is 6.10 Å². The van der Waals surface area contributed by atoms with Gasteiger partial charge in [-0.1, -0.05) is 35.9 Å². The quantitative estimate of drug-likeness (QED) is 0.642. The summed E-state index contributed by atoms with van der Waals surface area (Å²) < 4.78 is 4.61. The molecule has 0 atom stereocenters. The van der Waals surface area contributed by atoms with Crippen molar-refractivity contribution in [3.8, 4) is 0 Å². The lowest BCUT2D eigenvalue weighted by Crippen LogP contribution is -2.06. The van der Waals surface area contributed by atoms with Gasteiger partial charge in [-0.15, -0.1) is 0 Å². The molecule has 2 heteroatoms. The number of hydrogen-bond donors (Lipinski definition) is 0. The number of benzene rings is 1. The van der Waals surface area contributed by atoms with Gasteiger partial charge in [-0.3, -0.25) is 4.79 Å². The van der Waals surface area contributed by atoms with Crippen LogP contribution in [-0.2, 0) is 9.53 Å². The van der Waals surface area contributed by atoms with Crippen LogP contribution in [0.25, 0.3) is 0 Å². The first kappa shape index (κ1) is 12.7. The van der Waals surface area contributed by atoms with E-state index in [1.807, 2.05) is 32.0 Å². The van der Waals surface area contributed by atoms with Gasteiger partial charge >= 0.3 is 5.97 Å². The van der Waals surface area contributed by atoms with E-state index in [9.17, 15) is 4.79 Å². The van der Waals surface area contributed by atoms with Crippen LogP contribution in [0.5, 0.6) is 0 Å². The van der Waals surface area contributed by atoms with Gasteiger partial charge in [0.25, 0.3) is 0 Å². The average Bonchev–Trinajstić information content (AvgIpc) is 2.03. The standard InChI is InChI=1S/C7H8.C5H10O2/c1-7-5-3-2-4-6-7;1-4(2)7-5(3)6/h2-6H,1H3;4H,1-3H3. The highest BCUT2D eigenvalue weighted by Gasteiger charge is 1.93. The normalized spacial score (nSPS) is 8.93. The van der Waals surface area contributed by atoms with E-state index in [0.29, 0.717) is 0 Å². The van der Waals surface area contributed by atoms with Crippen LogP contribution < -0.4 is 0 Å². The van der Waals surface area contributed by atoms with Gasteiger partial charge in [-0.05, 0) is 20.8 Å². The Morgan fingerprint density at radius 1 is 1.21 bits per heavy atom. The highest BCUT2D eigenvalue weighted by Crippen LogP contribution is 1.92. The molecular formula is C12H18O2. The van der Waals surface area contributed by atoms with Crippen molar-refractivity contribution < 1.29 is 9.53 Å². The second-order valence-electron chi connectivity index (χ2n) is 3.31. The zero-order valence-corrected chi connectivity index (χ0v) is 9.28. The molecule has 0 spiro atoms. The molecule has 1 aromatic rings. The maximum absolute atomic E-state index is 10.0. The van der Waals surface area contributed by atoms with Crippen LogP contribution in [0.4, 0.5) is 0 Å². The highest BCUT2D eigenvalue weighted by atomic mass is 16.5. The molecule has 0 aliphatic rings. The topological polar surface area (TPSA) is 26.3 Å². The van der Waals surface area contributed by atoms with E-state index >= 15 is 0 Å². The Morgan fingerprint density at radius 3 is 1.86 bits per heavy atom. The summed E-state index contributed by atoms with van der Waals surface area (Å²) in [5.74, 6) is -0.213. The molecule has 0 aliphatic carbocycles. The van der Waals surface area contributed by atoms with Crippen LogP contribution in [-0.4, -0.2) is 12.1 Å². The smallest absolute Gasteiger partial charge is 0.302 e. The molecule has 0 N–H and O–H groups in total.